The van der Waals surface area contributed by atoms with Gasteiger partial charge >= 0.3 is 0 Å². The predicted octanol–water partition coefficient (Wildman–Crippen LogP) is 17.9. The lowest BCUT2D eigenvalue weighted by Gasteiger charge is -2.35. The number of ketones is 4. The van der Waals surface area contributed by atoms with Crippen molar-refractivity contribution in [1.29, 1.82) is 0 Å². The lowest BCUT2D eigenvalue weighted by atomic mass is 9.88. The molecule has 129 heavy (non-hydrogen) atoms. The Morgan fingerprint density at radius 2 is 0.721 bits per heavy atom. The maximum absolute atomic E-state index is 13.0. The molecule has 12 heterocycles. The largest absolute Gasteiger partial charge is 0.385 e. The number of aromatic nitrogens is 4. The summed E-state index contributed by atoms with van der Waals surface area (Å²) in [6.07, 6.45) is 19.5. The number of hydrogen-bond donors (Lipinski definition) is 7. The van der Waals surface area contributed by atoms with E-state index in [2.05, 4.69) is 107 Å². The second-order valence-corrected chi connectivity index (χ2v) is 38.2. The van der Waals surface area contributed by atoms with E-state index < -0.39 is 0 Å². The van der Waals surface area contributed by atoms with E-state index in [-0.39, 0.29) is 71.7 Å². The summed E-state index contributed by atoms with van der Waals surface area (Å²) < 4.78 is 38.7. The van der Waals surface area contributed by atoms with Crippen molar-refractivity contribution in [2.45, 2.75) is 116 Å². The van der Waals surface area contributed by atoms with Crippen molar-refractivity contribution in [3.05, 3.63) is 187 Å². The number of ether oxygens (including phenoxy) is 7. The highest BCUT2D eigenvalue weighted by Crippen LogP contribution is 2.40. The second kappa shape index (κ2) is 51.2. The molecule has 0 saturated carbocycles. The Hall–Kier alpha value is -7.34. The monoisotopic (exact) mass is 1880 g/mol. The minimum Gasteiger partial charge on any atom is -0.385 e. The standard InChI is InChI=1S/C26H33Cl2N3O2.C26H34ClN3O3.C24H29Cl2N3O3.C24H30ClN3O3/c1-31-9-3-2-4-19(17-31)26(32)14-21-13-23(25(28)16-30-21)22-12-20(5-6-24(22)27)29-15-18-7-10-33-11-8-18;1-26(2)13-18(6-8-33-26)14-29-21-5-3-4-19(10-21)23-11-22(30-16-24(23)27)12-25(31)20-15-28-7-9-32-17-20;25-22-2-1-18(28-12-16-3-6-31-7-4-16)9-20(22)21-10-19(29-14-23(21)26)11-24(30)17-13-27-5-8-32-15-17;25-23-15-28-21(12-24(29)19-14-26-6-9-31-16-19)11-22(23)18-2-1-3-20(10-18)27-13-17-4-7-30-8-5-17/h5-6,12-13,16,18-19,29H,2-4,7-11,14-15,17H2,1H3;3-5,10-11,16,18,20,28-29H,6-9,12-15,17H2,1-2H3;1-2,9-10,14,16-17,27-28H,3-8,11-13,15H2;1-3,10-11,15,17,19,26-27H,4-9,12-14,16H2/t;18?,20-;17-;19-/m.000/s1. The number of anilines is 4. The van der Waals surface area contributed by atoms with E-state index >= 15 is 0 Å². The van der Waals surface area contributed by atoms with Crippen LogP contribution in [-0.2, 0) is 78.0 Å². The molecule has 8 aromatic rings. The van der Waals surface area contributed by atoms with Crippen LogP contribution in [0.3, 0.4) is 0 Å². The van der Waals surface area contributed by atoms with Crippen LogP contribution in [0, 0.1) is 47.3 Å². The SMILES string of the molecule is CC1(C)CC(CNc2cccc(-c3cc(CC(=O)[C@H]4CNCCOC4)ncc3Cl)c2)CCO1.CN1CCCCC(C(=O)Cc2cc(-c3cc(NCC4CCOCC4)ccc3Cl)c(Cl)cn2)C1.O=C(Cc1cc(-c2cc(NCC3CCOCC3)ccc2Cl)c(Cl)cn1)[C@H]1CNCCOC1.O=C(Cc1cc(-c2cccc(NCC3CCOCC3)c2)c(Cl)cn1)[C@H]1CNCCOC1. The lowest BCUT2D eigenvalue weighted by molar-refractivity contribution is -0.124. The number of Topliss-reactive ketones (excluding diaryl/α,β-unsaturated/α-hetero) is 4. The third-order valence-corrected chi connectivity index (χ3v) is 27.1. The first-order valence-corrected chi connectivity index (χ1v) is 48.3. The van der Waals surface area contributed by atoms with Crippen molar-refractivity contribution < 1.29 is 52.3 Å². The van der Waals surface area contributed by atoms with Gasteiger partial charge in [-0.05, 0) is 211 Å². The molecular formula is C100H126Cl6N12O11. The average Bonchev–Trinajstić information content (AvgIpc) is 1.07. The highest BCUT2D eigenvalue weighted by Gasteiger charge is 2.31. The molecule has 5 atom stereocenters. The highest BCUT2D eigenvalue weighted by atomic mass is 35.5. The maximum Gasteiger partial charge on any atom is 0.145 e. The van der Waals surface area contributed by atoms with Crippen molar-refractivity contribution >= 4 is 115 Å². The van der Waals surface area contributed by atoms with E-state index in [1.807, 2.05) is 84.9 Å². The lowest BCUT2D eigenvalue weighted by Crippen LogP contribution is -2.36. The number of nitrogens with zero attached hydrogens (tertiary/aromatic N) is 5. The molecule has 4 aromatic heterocycles. The van der Waals surface area contributed by atoms with Gasteiger partial charge in [0.1, 0.15) is 23.1 Å². The van der Waals surface area contributed by atoms with Gasteiger partial charge < -0.3 is 75.3 Å². The summed E-state index contributed by atoms with van der Waals surface area (Å²) in [5.74, 6) is 2.71. The molecule has 7 N–H and O–H groups in total. The van der Waals surface area contributed by atoms with Gasteiger partial charge in [-0.3, -0.25) is 39.1 Å². The number of pyridine rings is 4. The van der Waals surface area contributed by atoms with Crippen LogP contribution >= 0.6 is 69.6 Å². The summed E-state index contributed by atoms with van der Waals surface area (Å²) in [5, 5.41) is 27.4. The van der Waals surface area contributed by atoms with Crippen molar-refractivity contribution in [3.63, 3.8) is 0 Å². The van der Waals surface area contributed by atoms with Crippen LogP contribution in [0.2, 0.25) is 30.1 Å². The van der Waals surface area contributed by atoms with Crippen LogP contribution in [-0.4, -0.2) is 225 Å². The van der Waals surface area contributed by atoms with Crippen molar-refractivity contribution in [1.82, 2.24) is 40.8 Å². The van der Waals surface area contributed by atoms with E-state index in [4.69, 9.17) is 103 Å². The molecule has 0 aliphatic carbocycles. The van der Waals surface area contributed by atoms with Gasteiger partial charge in [0.15, 0.2) is 0 Å². The summed E-state index contributed by atoms with van der Waals surface area (Å²) in [6, 6.07) is 35.9. The first-order chi connectivity index (χ1) is 62.7. The molecule has 23 nitrogen and oxygen atoms in total. The van der Waals surface area contributed by atoms with Gasteiger partial charge in [0.05, 0.1) is 83.1 Å². The zero-order valence-corrected chi connectivity index (χ0v) is 79.1. The van der Waals surface area contributed by atoms with Crippen molar-refractivity contribution in [3.8, 4) is 44.5 Å². The summed E-state index contributed by atoms with van der Waals surface area (Å²) in [6.45, 7) is 23.3. The summed E-state index contributed by atoms with van der Waals surface area (Å²) in [5.41, 5.74) is 14.0. The number of likely N-dealkylation sites (tertiary alicyclic amines) is 1. The van der Waals surface area contributed by atoms with Crippen LogP contribution in [0.1, 0.15) is 107 Å². The smallest absolute Gasteiger partial charge is 0.145 e. The Balaban J connectivity index is 0.000000147. The summed E-state index contributed by atoms with van der Waals surface area (Å²) in [7, 11) is 2.09. The molecule has 29 heteroatoms. The number of carbonyl (C=O) groups excluding carboxylic acids is 4. The molecule has 694 valence electrons. The third-order valence-electron chi connectivity index (χ3n) is 25.2. The zero-order chi connectivity index (χ0) is 90.3. The fourth-order valence-electron chi connectivity index (χ4n) is 17.5. The number of hydrogen-bond acceptors (Lipinski definition) is 23. The molecule has 0 bridgehead atoms. The fraction of sp³-hybridized carbons (Fsp3) is 0.520. The second-order valence-electron chi connectivity index (χ2n) is 35.8. The molecule has 4 aromatic carbocycles. The molecule has 8 fully saturated rings. The number of benzene rings is 4. The number of carbonyl (C=O) groups is 4. The van der Waals surface area contributed by atoms with E-state index in [0.717, 1.165) is 260 Å². The number of nitrogens with one attached hydrogen (secondary N) is 7. The van der Waals surface area contributed by atoms with E-state index in [9.17, 15) is 19.2 Å². The summed E-state index contributed by atoms with van der Waals surface area (Å²) >= 11 is 39.1. The molecule has 8 aliphatic heterocycles. The van der Waals surface area contributed by atoms with Crippen LogP contribution in [0.25, 0.3) is 44.5 Å². The highest BCUT2D eigenvalue weighted by molar-refractivity contribution is 6.37. The Morgan fingerprint density at radius 3 is 1.11 bits per heavy atom. The Labute approximate surface area is 790 Å². The molecular weight excluding hydrogens is 1760 g/mol. The molecule has 8 saturated heterocycles. The Morgan fingerprint density at radius 1 is 0.380 bits per heavy atom. The molecule has 0 spiro atoms. The van der Waals surface area contributed by atoms with Crippen molar-refractivity contribution in [2.24, 2.45) is 47.3 Å². The van der Waals surface area contributed by atoms with E-state index in [0.29, 0.717) is 125 Å². The summed E-state index contributed by atoms with van der Waals surface area (Å²) in [4.78, 5) is 71.2. The van der Waals surface area contributed by atoms with Gasteiger partial charge in [-0.2, -0.15) is 0 Å². The zero-order valence-electron chi connectivity index (χ0n) is 74.6. The minimum atomic E-state index is -0.167. The van der Waals surface area contributed by atoms with E-state index in [1.165, 1.54) is 0 Å². The fourth-order valence-corrected chi connectivity index (χ4v) is 18.8. The topological polar surface area (TPSA) is 272 Å². The third kappa shape index (κ3) is 31.4. The normalized spacial score (nSPS) is 20.9. The van der Waals surface area contributed by atoms with Crippen LogP contribution in [0.15, 0.2) is 134 Å². The molecule has 2 unspecified atom stereocenters. The number of rotatable bonds is 28. The van der Waals surface area contributed by atoms with Gasteiger partial charge in [0.2, 0.25) is 0 Å². The quantitative estimate of drug-likeness (QED) is 0.0240. The van der Waals surface area contributed by atoms with Gasteiger partial charge in [-0.25, -0.2) is 0 Å². The Bertz CT molecular complexity index is 4940. The maximum atomic E-state index is 13.0. The molecule has 0 amide bonds. The van der Waals surface area contributed by atoms with E-state index in [1.54, 1.807) is 24.8 Å². The molecule has 8 aliphatic rings. The molecule has 0 radical (unpaired) electrons. The minimum absolute atomic E-state index is 0.0518. The van der Waals surface area contributed by atoms with Crippen LogP contribution in [0.5, 0.6) is 0 Å². The van der Waals surface area contributed by atoms with Crippen LogP contribution < -0.4 is 37.2 Å². The number of halogens is 6. The Kier molecular flexibility index (Phi) is 39.4. The van der Waals surface area contributed by atoms with Gasteiger partial charge in [-0.1, -0.05) is 100 Å². The predicted molar refractivity (Wildman–Crippen MR) is 517 cm³/mol. The first kappa shape index (κ1) is 99.1. The van der Waals surface area contributed by atoms with Crippen LogP contribution in [0.4, 0.5) is 22.7 Å². The average molecular weight is 1880 g/mol. The van der Waals surface area contributed by atoms with Gasteiger partial charge in [0.25, 0.3) is 0 Å². The van der Waals surface area contributed by atoms with Gasteiger partial charge in [-0.15, -0.1) is 0 Å². The molecule has 16 rings (SSSR count). The van der Waals surface area contributed by atoms with Crippen molar-refractivity contribution in [2.75, 3.05) is 193 Å². The van der Waals surface area contributed by atoms with Gasteiger partial charge in [0, 0.05) is 264 Å². The first-order valence-electron chi connectivity index (χ1n) is 46.0.